The van der Waals surface area contributed by atoms with Crippen molar-refractivity contribution in [2.75, 3.05) is 5.32 Å². The van der Waals surface area contributed by atoms with Gasteiger partial charge in [-0.05, 0) is 71.2 Å². The number of hydrogen-bond acceptors (Lipinski definition) is 2. The number of anilines is 1. The van der Waals surface area contributed by atoms with E-state index < -0.39 is 0 Å². The van der Waals surface area contributed by atoms with Crippen LogP contribution in [0, 0.1) is 13.8 Å². The number of nitrogens with one attached hydrogen (secondary N) is 1. The Kier molecular flexibility index (Phi) is 3.90. The molecule has 3 nitrogen and oxygen atoms in total. The zero-order valence-electron chi connectivity index (χ0n) is 10.7. The maximum absolute atomic E-state index is 12.1. The molecule has 19 heavy (non-hydrogen) atoms. The van der Waals surface area contributed by atoms with E-state index in [2.05, 4.69) is 21.2 Å². The minimum Gasteiger partial charge on any atom is -0.508 e. The Morgan fingerprint density at radius 3 is 2.53 bits per heavy atom. The summed E-state index contributed by atoms with van der Waals surface area (Å²) in [7, 11) is 0. The molecule has 0 aliphatic rings. The summed E-state index contributed by atoms with van der Waals surface area (Å²) in [6.45, 7) is 3.74. The van der Waals surface area contributed by atoms with Crippen LogP contribution in [0.4, 0.5) is 5.69 Å². The average Bonchev–Trinajstić information content (AvgIpc) is 2.36. The van der Waals surface area contributed by atoms with Crippen LogP contribution in [-0.2, 0) is 0 Å². The second kappa shape index (κ2) is 5.45. The largest absolute Gasteiger partial charge is 0.508 e. The third-order valence-electron chi connectivity index (χ3n) is 2.83. The monoisotopic (exact) mass is 319 g/mol. The van der Waals surface area contributed by atoms with Gasteiger partial charge in [-0.15, -0.1) is 0 Å². The molecule has 0 aromatic heterocycles. The number of carbonyl (C=O) groups excluding carboxylic acids is 1. The lowest BCUT2D eigenvalue weighted by Gasteiger charge is -2.09. The Bertz CT molecular complexity index is 638. The van der Waals surface area contributed by atoms with Gasteiger partial charge in [0.05, 0.1) is 5.69 Å². The van der Waals surface area contributed by atoms with Crippen molar-refractivity contribution in [1.29, 1.82) is 0 Å². The van der Waals surface area contributed by atoms with Gasteiger partial charge in [0.25, 0.3) is 5.91 Å². The van der Waals surface area contributed by atoms with Crippen molar-refractivity contribution in [3.05, 3.63) is 57.6 Å². The fourth-order valence-corrected chi connectivity index (χ4v) is 2.31. The van der Waals surface area contributed by atoms with Gasteiger partial charge in [0.1, 0.15) is 5.75 Å². The first-order chi connectivity index (χ1) is 8.97. The molecule has 4 heteroatoms. The van der Waals surface area contributed by atoms with Crippen LogP contribution < -0.4 is 5.32 Å². The maximum Gasteiger partial charge on any atom is 0.255 e. The van der Waals surface area contributed by atoms with Crippen LogP contribution in [0.5, 0.6) is 5.75 Å². The van der Waals surface area contributed by atoms with E-state index in [-0.39, 0.29) is 11.7 Å². The predicted molar refractivity (Wildman–Crippen MR) is 79.7 cm³/mol. The number of carbonyl (C=O) groups is 1. The van der Waals surface area contributed by atoms with E-state index in [1.807, 2.05) is 25.1 Å². The van der Waals surface area contributed by atoms with Crippen molar-refractivity contribution in [2.24, 2.45) is 0 Å². The van der Waals surface area contributed by atoms with Gasteiger partial charge in [-0.25, -0.2) is 0 Å². The highest BCUT2D eigenvalue weighted by atomic mass is 79.9. The number of amides is 1. The van der Waals surface area contributed by atoms with E-state index in [0.717, 1.165) is 15.7 Å². The van der Waals surface area contributed by atoms with E-state index in [1.165, 1.54) is 6.07 Å². The second-order valence-electron chi connectivity index (χ2n) is 4.44. The number of phenols is 1. The topological polar surface area (TPSA) is 49.3 Å². The van der Waals surface area contributed by atoms with Crippen LogP contribution in [0.25, 0.3) is 0 Å². The molecule has 0 spiro atoms. The summed E-state index contributed by atoms with van der Waals surface area (Å²) in [6, 6.07) is 10.5. The van der Waals surface area contributed by atoms with E-state index >= 15 is 0 Å². The molecular weight excluding hydrogens is 306 g/mol. The molecule has 0 radical (unpaired) electrons. The van der Waals surface area contributed by atoms with E-state index in [4.69, 9.17) is 0 Å². The Morgan fingerprint density at radius 1 is 1.16 bits per heavy atom. The number of phenolic OH excluding ortho intramolecular Hbond substituents is 1. The van der Waals surface area contributed by atoms with Gasteiger partial charge >= 0.3 is 0 Å². The smallest absolute Gasteiger partial charge is 0.255 e. The number of aryl methyl sites for hydroxylation is 2. The molecule has 0 unspecified atom stereocenters. The summed E-state index contributed by atoms with van der Waals surface area (Å²) in [4.78, 5) is 12.1. The fourth-order valence-electron chi connectivity index (χ4n) is 1.71. The van der Waals surface area contributed by atoms with Crippen molar-refractivity contribution in [3.8, 4) is 5.75 Å². The molecule has 0 aliphatic heterocycles. The summed E-state index contributed by atoms with van der Waals surface area (Å²) in [5.74, 6) is -0.0132. The molecular formula is C15H14BrNO2. The van der Waals surface area contributed by atoms with Gasteiger partial charge < -0.3 is 10.4 Å². The van der Waals surface area contributed by atoms with Crippen LogP contribution in [-0.4, -0.2) is 11.0 Å². The van der Waals surface area contributed by atoms with Crippen molar-refractivity contribution in [1.82, 2.24) is 0 Å². The number of benzene rings is 2. The third kappa shape index (κ3) is 3.15. The number of halogens is 1. The van der Waals surface area contributed by atoms with E-state index in [0.29, 0.717) is 11.1 Å². The molecule has 2 N–H and O–H groups in total. The summed E-state index contributed by atoms with van der Waals surface area (Å²) in [5, 5.41) is 12.3. The van der Waals surface area contributed by atoms with E-state index in [1.54, 1.807) is 19.1 Å². The Balaban J connectivity index is 2.23. The normalized spacial score (nSPS) is 10.3. The summed E-state index contributed by atoms with van der Waals surface area (Å²) in [6.07, 6.45) is 0. The molecule has 0 aliphatic carbocycles. The molecule has 2 rings (SSSR count). The van der Waals surface area contributed by atoms with Gasteiger partial charge in [-0.2, -0.15) is 0 Å². The van der Waals surface area contributed by atoms with Gasteiger partial charge in [-0.1, -0.05) is 6.07 Å². The quantitative estimate of drug-likeness (QED) is 0.878. The highest BCUT2D eigenvalue weighted by Gasteiger charge is 2.09. The zero-order valence-corrected chi connectivity index (χ0v) is 12.3. The third-order valence-corrected chi connectivity index (χ3v) is 3.49. The van der Waals surface area contributed by atoms with Crippen LogP contribution in [0.15, 0.2) is 40.9 Å². The molecule has 0 bridgehead atoms. The summed E-state index contributed by atoms with van der Waals surface area (Å²) >= 11 is 3.42. The first-order valence-corrected chi connectivity index (χ1v) is 6.64. The predicted octanol–water partition coefficient (Wildman–Crippen LogP) is 4.02. The molecule has 2 aromatic carbocycles. The molecule has 98 valence electrons. The number of rotatable bonds is 2. The summed E-state index contributed by atoms with van der Waals surface area (Å²) in [5.41, 5.74) is 3.03. The molecule has 1 amide bonds. The van der Waals surface area contributed by atoms with Crippen LogP contribution in [0.1, 0.15) is 21.5 Å². The first-order valence-electron chi connectivity index (χ1n) is 5.84. The van der Waals surface area contributed by atoms with E-state index in [9.17, 15) is 9.90 Å². The average molecular weight is 320 g/mol. The lowest BCUT2D eigenvalue weighted by molar-refractivity contribution is 0.102. The van der Waals surface area contributed by atoms with Crippen molar-refractivity contribution in [3.63, 3.8) is 0 Å². The summed E-state index contributed by atoms with van der Waals surface area (Å²) < 4.78 is 0.844. The van der Waals surface area contributed by atoms with Crippen molar-refractivity contribution in [2.45, 2.75) is 13.8 Å². The van der Waals surface area contributed by atoms with Crippen molar-refractivity contribution < 1.29 is 9.90 Å². The standard InChI is InChI=1S/C15H14BrNO2/c1-9-3-5-13(12(16)7-9)17-15(19)11-4-6-14(18)10(2)8-11/h3-8,18H,1-2H3,(H,17,19). The highest BCUT2D eigenvalue weighted by molar-refractivity contribution is 9.10. The molecule has 0 heterocycles. The molecule has 0 saturated heterocycles. The Morgan fingerprint density at radius 2 is 1.89 bits per heavy atom. The second-order valence-corrected chi connectivity index (χ2v) is 5.29. The Labute approximate surface area is 120 Å². The maximum atomic E-state index is 12.1. The fraction of sp³-hybridized carbons (Fsp3) is 0.133. The lowest BCUT2D eigenvalue weighted by Crippen LogP contribution is -2.12. The van der Waals surface area contributed by atoms with Gasteiger partial charge in [0, 0.05) is 10.0 Å². The molecule has 0 atom stereocenters. The highest BCUT2D eigenvalue weighted by Crippen LogP contribution is 2.24. The van der Waals surface area contributed by atoms with Gasteiger partial charge in [-0.3, -0.25) is 4.79 Å². The zero-order chi connectivity index (χ0) is 14.0. The van der Waals surface area contributed by atoms with Crippen molar-refractivity contribution >= 4 is 27.5 Å². The number of hydrogen-bond donors (Lipinski definition) is 2. The minimum atomic E-state index is -0.201. The van der Waals surface area contributed by atoms with Crippen LogP contribution in [0.3, 0.4) is 0 Å². The SMILES string of the molecule is Cc1ccc(NC(=O)c2ccc(O)c(C)c2)c(Br)c1. The molecule has 2 aromatic rings. The molecule has 0 fully saturated rings. The first kappa shape index (κ1) is 13.6. The molecule has 0 saturated carbocycles. The van der Waals surface area contributed by atoms with Gasteiger partial charge in [0.2, 0.25) is 0 Å². The Hall–Kier alpha value is -1.81. The van der Waals surface area contributed by atoms with Gasteiger partial charge in [0.15, 0.2) is 0 Å². The van der Waals surface area contributed by atoms with Crippen LogP contribution in [0.2, 0.25) is 0 Å². The minimum absolute atomic E-state index is 0.188. The lowest BCUT2D eigenvalue weighted by atomic mass is 10.1. The van der Waals surface area contributed by atoms with Crippen LogP contribution >= 0.6 is 15.9 Å². The number of aromatic hydroxyl groups is 1.